The van der Waals surface area contributed by atoms with Crippen molar-refractivity contribution in [3.63, 3.8) is 0 Å². The molecule has 2 aromatic rings. The molecule has 4 rings (SSSR count). The lowest BCUT2D eigenvalue weighted by molar-refractivity contribution is -0.141. The minimum absolute atomic E-state index is 0.0660. The van der Waals surface area contributed by atoms with Gasteiger partial charge in [-0.3, -0.25) is 4.79 Å². The highest BCUT2D eigenvalue weighted by atomic mass is 19.4. The average Bonchev–Trinajstić information content (AvgIpc) is 3.12. The standard InChI is InChI=1S/C18H20F3N5O2/c19-18(20,21)14-9-15(23-10-22-14)24-11-5-7-26(8-6-11)17(27)16-12-3-1-2-4-13(12)25-28-16/h9-11H,1-8H2,(H,22,23,24). The Bertz CT molecular complexity index is 859. The van der Waals surface area contributed by atoms with Gasteiger partial charge < -0.3 is 14.7 Å². The lowest BCUT2D eigenvalue weighted by Gasteiger charge is -2.32. The second kappa shape index (κ2) is 7.40. The fourth-order valence-electron chi connectivity index (χ4n) is 3.73. The molecule has 1 N–H and O–H groups in total. The monoisotopic (exact) mass is 395 g/mol. The van der Waals surface area contributed by atoms with E-state index in [1.54, 1.807) is 4.90 Å². The van der Waals surface area contributed by atoms with E-state index in [0.29, 0.717) is 31.7 Å². The number of carbonyl (C=O) groups is 1. The molecule has 1 saturated heterocycles. The van der Waals surface area contributed by atoms with Gasteiger partial charge in [-0.15, -0.1) is 0 Å². The molecule has 3 heterocycles. The van der Waals surface area contributed by atoms with Crippen LogP contribution in [0.3, 0.4) is 0 Å². The van der Waals surface area contributed by atoms with E-state index in [2.05, 4.69) is 20.4 Å². The van der Waals surface area contributed by atoms with Crippen LogP contribution in [-0.4, -0.2) is 45.1 Å². The molecule has 1 fully saturated rings. The van der Waals surface area contributed by atoms with E-state index in [-0.39, 0.29) is 17.8 Å². The van der Waals surface area contributed by atoms with Gasteiger partial charge in [-0.1, -0.05) is 5.16 Å². The number of aryl methyl sites for hydroxylation is 1. The van der Waals surface area contributed by atoms with E-state index >= 15 is 0 Å². The second-order valence-electron chi connectivity index (χ2n) is 7.14. The highest BCUT2D eigenvalue weighted by Crippen LogP contribution is 2.29. The number of nitrogens with one attached hydrogen (secondary N) is 1. The van der Waals surface area contributed by atoms with Gasteiger partial charge in [0.25, 0.3) is 5.91 Å². The molecule has 1 amide bonds. The molecule has 0 atom stereocenters. The molecule has 0 radical (unpaired) electrons. The highest BCUT2D eigenvalue weighted by molar-refractivity contribution is 5.93. The number of alkyl halides is 3. The first-order chi connectivity index (χ1) is 13.4. The van der Waals surface area contributed by atoms with Gasteiger partial charge in [-0.25, -0.2) is 9.97 Å². The molecule has 1 aliphatic carbocycles. The first kappa shape index (κ1) is 18.7. The van der Waals surface area contributed by atoms with Crippen LogP contribution in [-0.2, 0) is 19.0 Å². The van der Waals surface area contributed by atoms with Crippen molar-refractivity contribution >= 4 is 11.7 Å². The van der Waals surface area contributed by atoms with E-state index < -0.39 is 11.9 Å². The number of anilines is 1. The molecule has 2 aliphatic rings. The van der Waals surface area contributed by atoms with Gasteiger partial charge in [0, 0.05) is 30.8 Å². The number of halogens is 3. The summed E-state index contributed by atoms with van der Waals surface area (Å²) < 4.78 is 43.6. The van der Waals surface area contributed by atoms with Crippen molar-refractivity contribution in [1.82, 2.24) is 20.0 Å². The highest BCUT2D eigenvalue weighted by Gasteiger charge is 2.33. The predicted molar refractivity (Wildman–Crippen MR) is 92.7 cm³/mol. The van der Waals surface area contributed by atoms with Crippen LogP contribution in [0.1, 0.15) is 53.2 Å². The molecule has 150 valence electrons. The van der Waals surface area contributed by atoms with Crippen LogP contribution in [0.15, 0.2) is 16.9 Å². The Morgan fingerprint density at radius 1 is 1.18 bits per heavy atom. The van der Waals surface area contributed by atoms with Crippen molar-refractivity contribution in [1.29, 1.82) is 0 Å². The zero-order valence-corrected chi connectivity index (χ0v) is 15.1. The van der Waals surface area contributed by atoms with Gasteiger partial charge in [-0.05, 0) is 38.5 Å². The molecule has 0 aromatic carbocycles. The van der Waals surface area contributed by atoms with Crippen molar-refractivity contribution in [3.8, 4) is 0 Å². The van der Waals surface area contributed by atoms with Crippen LogP contribution in [0.25, 0.3) is 0 Å². The third-order valence-corrected chi connectivity index (χ3v) is 5.25. The molecule has 10 heteroatoms. The maximum Gasteiger partial charge on any atom is 0.433 e. The normalized spacial score (nSPS) is 18.0. The Morgan fingerprint density at radius 3 is 2.68 bits per heavy atom. The predicted octanol–water partition coefficient (Wildman–Crippen LogP) is 3.08. The molecular formula is C18H20F3N5O2. The minimum atomic E-state index is -4.51. The van der Waals surface area contributed by atoms with Gasteiger partial charge in [0.1, 0.15) is 17.8 Å². The molecule has 0 spiro atoms. The Labute approximate surface area is 159 Å². The lowest BCUT2D eigenvalue weighted by atomic mass is 9.95. The summed E-state index contributed by atoms with van der Waals surface area (Å²) in [6.07, 6.45) is 1.34. The molecule has 28 heavy (non-hydrogen) atoms. The number of piperidine rings is 1. The summed E-state index contributed by atoms with van der Waals surface area (Å²) in [5.41, 5.74) is 0.834. The van der Waals surface area contributed by atoms with Crippen LogP contribution in [0.4, 0.5) is 19.0 Å². The maximum atomic E-state index is 12.8. The summed E-state index contributed by atoms with van der Waals surface area (Å²) in [4.78, 5) is 21.6. The van der Waals surface area contributed by atoms with Crippen molar-refractivity contribution in [2.24, 2.45) is 0 Å². The Morgan fingerprint density at radius 2 is 1.93 bits per heavy atom. The Hall–Kier alpha value is -2.65. The number of fused-ring (bicyclic) bond motifs is 1. The van der Waals surface area contributed by atoms with Crippen molar-refractivity contribution in [2.75, 3.05) is 18.4 Å². The number of carbonyl (C=O) groups excluding carboxylic acids is 1. The topological polar surface area (TPSA) is 84.2 Å². The van der Waals surface area contributed by atoms with E-state index in [1.165, 1.54) is 0 Å². The fourth-order valence-corrected chi connectivity index (χ4v) is 3.73. The minimum Gasteiger partial charge on any atom is -0.367 e. The number of hydrogen-bond donors (Lipinski definition) is 1. The third kappa shape index (κ3) is 3.81. The van der Waals surface area contributed by atoms with E-state index in [0.717, 1.165) is 49.3 Å². The Balaban J connectivity index is 1.36. The second-order valence-corrected chi connectivity index (χ2v) is 7.14. The molecule has 2 aromatic heterocycles. The lowest BCUT2D eigenvalue weighted by Crippen LogP contribution is -2.42. The van der Waals surface area contributed by atoms with Crippen LogP contribution >= 0.6 is 0 Å². The molecule has 1 aliphatic heterocycles. The van der Waals surface area contributed by atoms with E-state index in [1.807, 2.05) is 0 Å². The van der Waals surface area contributed by atoms with Crippen LogP contribution in [0.5, 0.6) is 0 Å². The zero-order valence-electron chi connectivity index (χ0n) is 15.1. The van der Waals surface area contributed by atoms with Crippen LogP contribution < -0.4 is 5.32 Å². The number of aromatic nitrogens is 3. The zero-order chi connectivity index (χ0) is 19.7. The first-order valence-corrected chi connectivity index (χ1v) is 9.34. The van der Waals surface area contributed by atoms with Gasteiger partial charge >= 0.3 is 6.18 Å². The fraction of sp³-hybridized carbons (Fsp3) is 0.556. The van der Waals surface area contributed by atoms with Crippen LogP contribution in [0, 0.1) is 0 Å². The molecule has 0 bridgehead atoms. The summed E-state index contributed by atoms with van der Waals surface area (Å²) in [5.74, 6) is 0.318. The number of amides is 1. The molecule has 0 unspecified atom stereocenters. The summed E-state index contributed by atoms with van der Waals surface area (Å²) in [6, 6.07) is 0.835. The van der Waals surface area contributed by atoms with Gasteiger partial charge in [0.2, 0.25) is 5.76 Å². The molecule has 0 saturated carbocycles. The van der Waals surface area contributed by atoms with Crippen LogP contribution in [0.2, 0.25) is 0 Å². The SMILES string of the molecule is O=C(c1onc2c1CCCC2)N1CCC(Nc2cc(C(F)(F)F)ncn2)CC1. The van der Waals surface area contributed by atoms with Gasteiger partial charge in [-0.2, -0.15) is 13.2 Å². The summed E-state index contributed by atoms with van der Waals surface area (Å²) >= 11 is 0. The maximum absolute atomic E-state index is 12.8. The summed E-state index contributed by atoms with van der Waals surface area (Å²) in [6.45, 7) is 0.979. The van der Waals surface area contributed by atoms with E-state index in [9.17, 15) is 18.0 Å². The largest absolute Gasteiger partial charge is 0.433 e. The number of rotatable bonds is 3. The first-order valence-electron chi connectivity index (χ1n) is 9.34. The van der Waals surface area contributed by atoms with E-state index in [4.69, 9.17) is 4.52 Å². The van der Waals surface area contributed by atoms with Crippen molar-refractivity contribution in [2.45, 2.75) is 50.7 Å². The number of likely N-dealkylation sites (tertiary alicyclic amines) is 1. The summed E-state index contributed by atoms with van der Waals surface area (Å²) in [7, 11) is 0. The summed E-state index contributed by atoms with van der Waals surface area (Å²) in [5, 5.41) is 7.04. The smallest absolute Gasteiger partial charge is 0.367 e. The van der Waals surface area contributed by atoms with Gasteiger partial charge in [0.05, 0.1) is 5.69 Å². The molecule has 7 nitrogen and oxygen atoms in total. The van der Waals surface area contributed by atoms with Gasteiger partial charge in [0.15, 0.2) is 0 Å². The molecular weight excluding hydrogens is 375 g/mol. The van der Waals surface area contributed by atoms with Crippen molar-refractivity contribution < 1.29 is 22.5 Å². The van der Waals surface area contributed by atoms with Crippen molar-refractivity contribution in [3.05, 3.63) is 35.1 Å². The number of nitrogens with zero attached hydrogens (tertiary/aromatic N) is 4. The quantitative estimate of drug-likeness (QED) is 0.860. The number of hydrogen-bond acceptors (Lipinski definition) is 6. The Kier molecular flexibility index (Phi) is 4.94. The average molecular weight is 395 g/mol. The third-order valence-electron chi connectivity index (χ3n) is 5.25.